The van der Waals surface area contributed by atoms with Gasteiger partial charge in [0.05, 0.1) is 35.1 Å². The van der Waals surface area contributed by atoms with Gasteiger partial charge in [0.15, 0.2) is 0 Å². The first-order valence-electron chi connectivity index (χ1n) is 7.05. The first-order chi connectivity index (χ1) is 9.66. The van der Waals surface area contributed by atoms with Crippen molar-refractivity contribution in [1.82, 2.24) is 9.55 Å². The lowest BCUT2D eigenvalue weighted by Crippen LogP contribution is -2.22. The van der Waals surface area contributed by atoms with E-state index in [-0.39, 0.29) is 17.7 Å². The number of aromatic carboxylic acids is 1. The molecule has 1 fully saturated rings. The van der Waals surface area contributed by atoms with Crippen molar-refractivity contribution in [3.05, 3.63) is 30.1 Å². The maximum Gasteiger partial charge on any atom is 0.335 e. The molecular weight excluding hydrogens is 256 g/mol. The summed E-state index contributed by atoms with van der Waals surface area (Å²) in [5.41, 5.74) is 1.81. The Morgan fingerprint density at radius 2 is 2.05 bits per heavy atom. The van der Waals surface area contributed by atoms with Gasteiger partial charge in [-0.1, -0.05) is 19.3 Å². The molecular formula is C15H18N2O3. The van der Waals surface area contributed by atoms with E-state index in [1.807, 2.05) is 4.57 Å². The lowest BCUT2D eigenvalue weighted by atomic mass is 10.1. The van der Waals surface area contributed by atoms with Crippen LogP contribution in [0.2, 0.25) is 0 Å². The molecule has 2 unspecified atom stereocenters. The zero-order valence-electron chi connectivity index (χ0n) is 11.2. The molecule has 1 aromatic heterocycles. The third-order valence-electron chi connectivity index (χ3n) is 4.12. The molecule has 20 heavy (non-hydrogen) atoms. The van der Waals surface area contributed by atoms with Crippen LogP contribution in [0.3, 0.4) is 0 Å². The van der Waals surface area contributed by atoms with Crippen molar-refractivity contribution in [3.8, 4) is 0 Å². The van der Waals surface area contributed by atoms with Gasteiger partial charge in [-0.05, 0) is 31.0 Å². The normalized spacial score (nSPS) is 23.6. The Labute approximate surface area is 116 Å². The first-order valence-corrected chi connectivity index (χ1v) is 7.05. The number of carboxylic acids is 1. The van der Waals surface area contributed by atoms with Gasteiger partial charge in [0.2, 0.25) is 0 Å². The number of rotatable bonds is 2. The van der Waals surface area contributed by atoms with Gasteiger partial charge >= 0.3 is 5.97 Å². The first kappa shape index (κ1) is 13.1. The molecule has 0 amide bonds. The third-order valence-corrected chi connectivity index (χ3v) is 4.12. The summed E-state index contributed by atoms with van der Waals surface area (Å²) < 4.78 is 1.94. The number of aliphatic hydroxyl groups is 1. The van der Waals surface area contributed by atoms with E-state index in [0.717, 1.165) is 43.1 Å². The Morgan fingerprint density at radius 1 is 1.25 bits per heavy atom. The van der Waals surface area contributed by atoms with Crippen molar-refractivity contribution in [3.63, 3.8) is 0 Å². The number of fused-ring (bicyclic) bond motifs is 1. The van der Waals surface area contributed by atoms with Crippen LogP contribution in [0, 0.1) is 0 Å². The second-order valence-corrected chi connectivity index (χ2v) is 5.43. The summed E-state index contributed by atoms with van der Waals surface area (Å²) in [6.45, 7) is 0. The predicted octanol–water partition coefficient (Wildman–Crippen LogP) is 2.60. The standard InChI is InChI=1S/C15H18N2O3/c18-14-5-3-1-2-4-12(14)17-9-16-11-7-6-10(15(19)20)8-13(11)17/h6-9,12,14,18H,1-5H2,(H,19,20). The van der Waals surface area contributed by atoms with Crippen LogP contribution in [0.25, 0.3) is 11.0 Å². The average molecular weight is 274 g/mol. The second-order valence-electron chi connectivity index (χ2n) is 5.43. The summed E-state index contributed by atoms with van der Waals surface area (Å²) in [7, 11) is 0. The smallest absolute Gasteiger partial charge is 0.335 e. The SMILES string of the molecule is O=C(O)c1ccc2ncn(C3CCCCCC3O)c2c1. The van der Waals surface area contributed by atoms with Crippen molar-refractivity contribution in [2.24, 2.45) is 0 Å². The quantitative estimate of drug-likeness (QED) is 0.825. The van der Waals surface area contributed by atoms with Gasteiger partial charge in [-0.2, -0.15) is 0 Å². The third kappa shape index (κ3) is 2.29. The fourth-order valence-corrected chi connectivity index (χ4v) is 3.02. The molecule has 0 spiro atoms. The largest absolute Gasteiger partial charge is 0.478 e. The van der Waals surface area contributed by atoms with Gasteiger partial charge in [0.1, 0.15) is 0 Å². The maximum absolute atomic E-state index is 11.1. The fourth-order valence-electron chi connectivity index (χ4n) is 3.02. The molecule has 2 N–H and O–H groups in total. The minimum atomic E-state index is -0.943. The van der Waals surface area contributed by atoms with Crippen LogP contribution >= 0.6 is 0 Å². The van der Waals surface area contributed by atoms with Gasteiger partial charge in [0, 0.05) is 0 Å². The lowest BCUT2D eigenvalue weighted by Gasteiger charge is -2.22. The summed E-state index contributed by atoms with van der Waals surface area (Å²) in [5, 5.41) is 19.4. The van der Waals surface area contributed by atoms with Gasteiger partial charge in [-0.3, -0.25) is 0 Å². The van der Waals surface area contributed by atoms with E-state index in [1.54, 1.807) is 24.5 Å². The molecule has 1 heterocycles. The highest BCUT2D eigenvalue weighted by Crippen LogP contribution is 2.30. The summed E-state index contributed by atoms with van der Waals surface area (Å²) in [5.74, 6) is -0.943. The monoisotopic (exact) mass is 274 g/mol. The molecule has 1 saturated carbocycles. The lowest BCUT2D eigenvalue weighted by molar-refractivity contribution is 0.0697. The summed E-state index contributed by atoms with van der Waals surface area (Å²) in [6, 6.07) is 4.91. The van der Waals surface area contributed by atoms with E-state index in [1.165, 1.54) is 0 Å². The molecule has 1 aromatic carbocycles. The van der Waals surface area contributed by atoms with Crippen LogP contribution in [0.4, 0.5) is 0 Å². The van der Waals surface area contributed by atoms with E-state index < -0.39 is 5.97 Å². The van der Waals surface area contributed by atoms with Crippen molar-refractivity contribution in [1.29, 1.82) is 0 Å². The predicted molar refractivity (Wildman–Crippen MR) is 74.8 cm³/mol. The van der Waals surface area contributed by atoms with Crippen LogP contribution in [0.15, 0.2) is 24.5 Å². The highest BCUT2D eigenvalue weighted by atomic mass is 16.4. The molecule has 106 valence electrons. The Bertz CT molecular complexity index is 635. The number of imidazole rings is 1. The molecule has 0 bridgehead atoms. The molecule has 3 rings (SSSR count). The summed E-state index contributed by atoms with van der Waals surface area (Å²) in [6.07, 6.45) is 6.30. The molecule has 0 saturated heterocycles. The maximum atomic E-state index is 11.1. The van der Waals surface area contributed by atoms with E-state index in [2.05, 4.69) is 4.98 Å². The number of benzene rings is 1. The van der Waals surface area contributed by atoms with Crippen LogP contribution < -0.4 is 0 Å². The number of hydrogen-bond donors (Lipinski definition) is 2. The number of nitrogens with zero attached hydrogens (tertiary/aromatic N) is 2. The van der Waals surface area contributed by atoms with Crippen LogP contribution in [0.5, 0.6) is 0 Å². The minimum Gasteiger partial charge on any atom is -0.478 e. The Balaban J connectivity index is 2.05. The van der Waals surface area contributed by atoms with Crippen molar-refractivity contribution in [2.45, 2.75) is 44.2 Å². The molecule has 0 aliphatic heterocycles. The van der Waals surface area contributed by atoms with E-state index >= 15 is 0 Å². The van der Waals surface area contributed by atoms with Crippen molar-refractivity contribution >= 4 is 17.0 Å². The zero-order valence-corrected chi connectivity index (χ0v) is 11.2. The van der Waals surface area contributed by atoms with Crippen LogP contribution in [-0.4, -0.2) is 31.8 Å². The van der Waals surface area contributed by atoms with E-state index in [0.29, 0.717) is 0 Å². The average Bonchev–Trinajstić information content (AvgIpc) is 2.73. The van der Waals surface area contributed by atoms with Crippen LogP contribution in [-0.2, 0) is 0 Å². The van der Waals surface area contributed by atoms with E-state index in [4.69, 9.17) is 5.11 Å². The van der Waals surface area contributed by atoms with E-state index in [9.17, 15) is 9.90 Å². The molecule has 1 aliphatic carbocycles. The Kier molecular flexibility index (Phi) is 3.44. The molecule has 1 aliphatic rings. The second kappa shape index (κ2) is 5.25. The number of carbonyl (C=O) groups is 1. The molecule has 2 atom stereocenters. The van der Waals surface area contributed by atoms with Gasteiger partial charge < -0.3 is 14.8 Å². The van der Waals surface area contributed by atoms with Gasteiger partial charge in [0.25, 0.3) is 0 Å². The number of aromatic nitrogens is 2. The minimum absolute atomic E-state index is 0.00783. The Morgan fingerprint density at radius 3 is 2.85 bits per heavy atom. The van der Waals surface area contributed by atoms with Gasteiger partial charge in [-0.15, -0.1) is 0 Å². The fraction of sp³-hybridized carbons (Fsp3) is 0.467. The highest BCUT2D eigenvalue weighted by molar-refractivity contribution is 5.92. The summed E-state index contributed by atoms with van der Waals surface area (Å²) >= 11 is 0. The molecule has 5 heteroatoms. The topological polar surface area (TPSA) is 75.3 Å². The zero-order chi connectivity index (χ0) is 14.1. The van der Waals surface area contributed by atoms with Gasteiger partial charge in [-0.25, -0.2) is 9.78 Å². The molecule has 2 aromatic rings. The molecule has 0 radical (unpaired) electrons. The van der Waals surface area contributed by atoms with Crippen molar-refractivity contribution < 1.29 is 15.0 Å². The summed E-state index contributed by atoms with van der Waals surface area (Å²) in [4.78, 5) is 15.4. The number of hydrogen-bond acceptors (Lipinski definition) is 3. The van der Waals surface area contributed by atoms with Crippen LogP contribution in [0.1, 0.15) is 48.5 Å². The number of carboxylic acid groups (broad SMARTS) is 1. The number of aliphatic hydroxyl groups excluding tert-OH is 1. The highest BCUT2D eigenvalue weighted by Gasteiger charge is 2.24. The van der Waals surface area contributed by atoms with Crippen molar-refractivity contribution in [2.75, 3.05) is 0 Å². The molecule has 5 nitrogen and oxygen atoms in total. The Hall–Kier alpha value is -1.88.